The van der Waals surface area contributed by atoms with Gasteiger partial charge < -0.3 is 4.74 Å². The quantitative estimate of drug-likeness (QED) is 0.674. The zero-order valence-electron chi connectivity index (χ0n) is 11.9. The summed E-state index contributed by atoms with van der Waals surface area (Å²) in [7, 11) is 0. The molecule has 2 heteroatoms. The van der Waals surface area contributed by atoms with Crippen LogP contribution in [0.4, 0.5) is 0 Å². The molecule has 2 nitrogen and oxygen atoms in total. The van der Waals surface area contributed by atoms with Crippen LogP contribution in [0.2, 0.25) is 0 Å². The van der Waals surface area contributed by atoms with E-state index in [1.165, 1.54) is 19.3 Å². The van der Waals surface area contributed by atoms with Crippen LogP contribution in [-0.4, -0.2) is 12.6 Å². The molecule has 17 heavy (non-hydrogen) atoms. The first kappa shape index (κ1) is 14.5. The van der Waals surface area contributed by atoms with E-state index in [0.717, 1.165) is 19.3 Å². The maximum atomic E-state index is 12.3. The Morgan fingerprint density at radius 2 is 1.65 bits per heavy atom. The van der Waals surface area contributed by atoms with Crippen molar-refractivity contribution in [2.24, 2.45) is 17.3 Å². The van der Waals surface area contributed by atoms with Gasteiger partial charge in [-0.2, -0.15) is 0 Å². The molecule has 1 aliphatic rings. The summed E-state index contributed by atoms with van der Waals surface area (Å²) in [5.41, 5.74) is -0.165. The maximum absolute atomic E-state index is 12.3. The molecule has 0 aromatic rings. The van der Waals surface area contributed by atoms with E-state index in [4.69, 9.17) is 4.74 Å². The van der Waals surface area contributed by atoms with Crippen LogP contribution in [0, 0.1) is 17.3 Å². The van der Waals surface area contributed by atoms with Gasteiger partial charge in [0.2, 0.25) is 0 Å². The highest BCUT2D eigenvalue weighted by Crippen LogP contribution is 2.42. The minimum atomic E-state index is -0.165. The van der Waals surface area contributed by atoms with Gasteiger partial charge in [-0.3, -0.25) is 4.79 Å². The van der Waals surface area contributed by atoms with Crippen molar-refractivity contribution in [3.63, 3.8) is 0 Å². The molecule has 0 atom stereocenters. The van der Waals surface area contributed by atoms with Gasteiger partial charge in [-0.25, -0.2) is 0 Å². The van der Waals surface area contributed by atoms with Crippen LogP contribution in [0.15, 0.2) is 0 Å². The van der Waals surface area contributed by atoms with E-state index in [-0.39, 0.29) is 11.4 Å². The summed E-state index contributed by atoms with van der Waals surface area (Å²) in [6.45, 7) is 9.14. The number of hydrogen-bond acceptors (Lipinski definition) is 2. The average molecular weight is 240 g/mol. The standard InChI is InChI=1S/C15H28O2/c1-12(2)10-15(8-6-5-7-9-15)14(16)17-11-13(3)4/h12-13H,5-11H2,1-4H3. The number of rotatable bonds is 5. The lowest BCUT2D eigenvalue weighted by Gasteiger charge is -2.36. The molecular weight excluding hydrogens is 212 g/mol. The van der Waals surface area contributed by atoms with Crippen molar-refractivity contribution in [1.29, 1.82) is 0 Å². The number of carbonyl (C=O) groups is 1. The topological polar surface area (TPSA) is 26.3 Å². The van der Waals surface area contributed by atoms with Crippen LogP contribution in [0.3, 0.4) is 0 Å². The fourth-order valence-electron chi connectivity index (χ4n) is 2.90. The van der Waals surface area contributed by atoms with Gasteiger partial charge in [0.05, 0.1) is 12.0 Å². The molecule has 0 heterocycles. The molecule has 0 aromatic heterocycles. The zero-order chi connectivity index (χ0) is 12.9. The smallest absolute Gasteiger partial charge is 0.312 e. The molecule has 0 aliphatic heterocycles. The fourth-order valence-corrected chi connectivity index (χ4v) is 2.90. The summed E-state index contributed by atoms with van der Waals surface area (Å²) in [6.07, 6.45) is 6.69. The summed E-state index contributed by atoms with van der Waals surface area (Å²) in [5, 5.41) is 0. The molecule has 0 aromatic carbocycles. The lowest BCUT2D eigenvalue weighted by molar-refractivity contribution is -0.160. The maximum Gasteiger partial charge on any atom is 0.312 e. The van der Waals surface area contributed by atoms with Gasteiger partial charge in [0.1, 0.15) is 0 Å². The monoisotopic (exact) mass is 240 g/mol. The minimum absolute atomic E-state index is 0.0691. The molecule has 100 valence electrons. The van der Waals surface area contributed by atoms with Crippen molar-refractivity contribution in [2.45, 2.75) is 66.2 Å². The largest absolute Gasteiger partial charge is 0.465 e. The molecule has 1 rings (SSSR count). The SMILES string of the molecule is CC(C)COC(=O)C1(CC(C)C)CCCCC1. The van der Waals surface area contributed by atoms with Crippen molar-refractivity contribution in [1.82, 2.24) is 0 Å². The van der Waals surface area contributed by atoms with Crippen LogP contribution >= 0.6 is 0 Å². The Balaban J connectivity index is 2.64. The molecule has 1 saturated carbocycles. The Morgan fingerprint density at radius 1 is 1.06 bits per heavy atom. The second-order valence-corrected chi connectivity index (χ2v) is 6.43. The molecule has 0 bridgehead atoms. The lowest BCUT2D eigenvalue weighted by atomic mass is 9.69. The Hall–Kier alpha value is -0.530. The molecule has 1 aliphatic carbocycles. The summed E-state index contributed by atoms with van der Waals surface area (Å²) in [4.78, 5) is 12.3. The van der Waals surface area contributed by atoms with Crippen LogP contribution in [0.25, 0.3) is 0 Å². The summed E-state index contributed by atoms with van der Waals surface area (Å²) in [5.74, 6) is 1.07. The van der Waals surface area contributed by atoms with Crippen molar-refractivity contribution in [3.8, 4) is 0 Å². The van der Waals surface area contributed by atoms with Gasteiger partial charge in [-0.05, 0) is 31.1 Å². The van der Waals surface area contributed by atoms with Gasteiger partial charge in [0.15, 0.2) is 0 Å². The Morgan fingerprint density at radius 3 is 2.12 bits per heavy atom. The predicted octanol–water partition coefficient (Wildman–Crippen LogP) is 4.18. The Labute approximate surface area is 106 Å². The molecule has 0 amide bonds. The summed E-state index contributed by atoms with van der Waals surface area (Å²) >= 11 is 0. The highest BCUT2D eigenvalue weighted by Gasteiger charge is 2.41. The average Bonchev–Trinajstić information content (AvgIpc) is 2.26. The summed E-state index contributed by atoms with van der Waals surface area (Å²) < 4.78 is 5.51. The zero-order valence-corrected chi connectivity index (χ0v) is 11.9. The second kappa shape index (κ2) is 6.42. The third-order valence-electron chi connectivity index (χ3n) is 3.59. The first-order valence-corrected chi connectivity index (χ1v) is 7.13. The van der Waals surface area contributed by atoms with Crippen molar-refractivity contribution < 1.29 is 9.53 Å². The first-order valence-electron chi connectivity index (χ1n) is 7.13. The van der Waals surface area contributed by atoms with E-state index in [2.05, 4.69) is 27.7 Å². The number of carbonyl (C=O) groups excluding carboxylic acids is 1. The highest BCUT2D eigenvalue weighted by molar-refractivity contribution is 5.77. The molecule has 0 spiro atoms. The van der Waals surface area contributed by atoms with E-state index in [0.29, 0.717) is 18.4 Å². The van der Waals surface area contributed by atoms with Crippen LogP contribution < -0.4 is 0 Å². The Kier molecular flexibility index (Phi) is 5.48. The van der Waals surface area contributed by atoms with E-state index < -0.39 is 0 Å². The minimum Gasteiger partial charge on any atom is -0.465 e. The number of hydrogen-bond donors (Lipinski definition) is 0. The molecular formula is C15H28O2. The second-order valence-electron chi connectivity index (χ2n) is 6.43. The van der Waals surface area contributed by atoms with Crippen molar-refractivity contribution in [3.05, 3.63) is 0 Å². The number of esters is 1. The number of ether oxygens (including phenoxy) is 1. The van der Waals surface area contributed by atoms with Crippen LogP contribution in [0.1, 0.15) is 66.2 Å². The van der Waals surface area contributed by atoms with Gasteiger partial charge in [-0.15, -0.1) is 0 Å². The first-order chi connectivity index (χ1) is 7.96. The van der Waals surface area contributed by atoms with E-state index in [1.807, 2.05) is 0 Å². The predicted molar refractivity (Wildman–Crippen MR) is 70.8 cm³/mol. The van der Waals surface area contributed by atoms with Gasteiger partial charge >= 0.3 is 5.97 Å². The van der Waals surface area contributed by atoms with Gasteiger partial charge in [0, 0.05) is 0 Å². The van der Waals surface area contributed by atoms with Crippen LogP contribution in [-0.2, 0) is 9.53 Å². The van der Waals surface area contributed by atoms with Crippen molar-refractivity contribution >= 4 is 5.97 Å². The molecule has 0 unspecified atom stereocenters. The highest BCUT2D eigenvalue weighted by atomic mass is 16.5. The van der Waals surface area contributed by atoms with Crippen molar-refractivity contribution in [2.75, 3.05) is 6.61 Å². The van der Waals surface area contributed by atoms with Gasteiger partial charge in [-0.1, -0.05) is 47.0 Å². The molecule has 0 saturated heterocycles. The molecule has 0 N–H and O–H groups in total. The lowest BCUT2D eigenvalue weighted by Crippen LogP contribution is -2.37. The third kappa shape index (κ3) is 4.33. The normalized spacial score (nSPS) is 19.6. The Bertz CT molecular complexity index is 237. The third-order valence-corrected chi connectivity index (χ3v) is 3.59. The van der Waals surface area contributed by atoms with Gasteiger partial charge in [0.25, 0.3) is 0 Å². The van der Waals surface area contributed by atoms with E-state index in [9.17, 15) is 4.79 Å². The molecule has 1 fully saturated rings. The van der Waals surface area contributed by atoms with Crippen LogP contribution in [0.5, 0.6) is 0 Å². The fraction of sp³-hybridized carbons (Fsp3) is 0.933. The van der Waals surface area contributed by atoms with E-state index >= 15 is 0 Å². The summed E-state index contributed by atoms with van der Waals surface area (Å²) in [6, 6.07) is 0. The van der Waals surface area contributed by atoms with E-state index in [1.54, 1.807) is 0 Å². The molecule has 0 radical (unpaired) electrons.